The maximum atomic E-state index is 12.8. The van der Waals surface area contributed by atoms with Crippen molar-refractivity contribution < 1.29 is 28.6 Å². The first-order valence-electron chi connectivity index (χ1n) is 27.8. The van der Waals surface area contributed by atoms with Crippen LogP contribution in [-0.4, -0.2) is 37.2 Å². The first kappa shape index (κ1) is 60.4. The molecule has 0 spiro atoms. The van der Waals surface area contributed by atoms with Gasteiger partial charge in [0.25, 0.3) is 0 Å². The van der Waals surface area contributed by atoms with Gasteiger partial charge in [-0.2, -0.15) is 0 Å². The molecule has 0 aliphatic heterocycles. The maximum Gasteiger partial charge on any atom is 0.306 e. The molecule has 0 amide bonds. The van der Waals surface area contributed by atoms with Crippen LogP contribution in [0.1, 0.15) is 311 Å². The van der Waals surface area contributed by atoms with E-state index in [9.17, 15) is 14.4 Å². The summed E-state index contributed by atoms with van der Waals surface area (Å²) in [4.78, 5) is 38.0. The molecule has 0 N–H and O–H groups in total. The highest BCUT2D eigenvalue weighted by Crippen LogP contribution is 2.18. The van der Waals surface area contributed by atoms with E-state index >= 15 is 0 Å². The van der Waals surface area contributed by atoms with Gasteiger partial charge >= 0.3 is 17.9 Å². The zero-order chi connectivity index (χ0) is 45.4. The van der Waals surface area contributed by atoms with Crippen molar-refractivity contribution in [3.63, 3.8) is 0 Å². The van der Waals surface area contributed by atoms with E-state index in [-0.39, 0.29) is 31.1 Å². The van der Waals surface area contributed by atoms with Crippen molar-refractivity contribution in [2.45, 2.75) is 317 Å². The van der Waals surface area contributed by atoms with E-state index in [2.05, 4.69) is 34.6 Å². The molecule has 0 aromatic heterocycles. The lowest BCUT2D eigenvalue weighted by Gasteiger charge is -2.18. The minimum absolute atomic E-state index is 0.0630. The number of ether oxygens (including phenoxy) is 3. The second-order valence-electron chi connectivity index (χ2n) is 19.9. The number of unbranched alkanes of at least 4 members (excludes halogenated alkanes) is 34. The van der Waals surface area contributed by atoms with Gasteiger partial charge < -0.3 is 14.2 Å². The van der Waals surface area contributed by atoms with Crippen LogP contribution in [0.2, 0.25) is 0 Å². The van der Waals surface area contributed by atoms with Gasteiger partial charge in [0.15, 0.2) is 6.10 Å². The van der Waals surface area contributed by atoms with E-state index in [0.29, 0.717) is 19.3 Å². The lowest BCUT2D eigenvalue weighted by Crippen LogP contribution is -2.30. The Morgan fingerprint density at radius 2 is 0.613 bits per heavy atom. The third-order valence-electron chi connectivity index (χ3n) is 13.1. The minimum atomic E-state index is -0.762. The Balaban J connectivity index is 4.28. The summed E-state index contributed by atoms with van der Waals surface area (Å²) < 4.78 is 16.9. The molecule has 0 rings (SSSR count). The molecule has 0 aromatic carbocycles. The Morgan fingerprint density at radius 3 is 0.919 bits per heavy atom. The summed E-state index contributed by atoms with van der Waals surface area (Å²) in [7, 11) is 0. The summed E-state index contributed by atoms with van der Waals surface area (Å²) in [6.07, 6.45) is 50.8. The van der Waals surface area contributed by atoms with Crippen molar-refractivity contribution >= 4 is 17.9 Å². The fourth-order valence-corrected chi connectivity index (χ4v) is 8.49. The third kappa shape index (κ3) is 47.9. The minimum Gasteiger partial charge on any atom is -0.462 e. The second-order valence-corrected chi connectivity index (χ2v) is 19.9. The van der Waals surface area contributed by atoms with Crippen LogP contribution >= 0.6 is 0 Å². The molecule has 62 heavy (non-hydrogen) atoms. The van der Waals surface area contributed by atoms with Gasteiger partial charge in [-0.3, -0.25) is 14.4 Å². The zero-order valence-corrected chi connectivity index (χ0v) is 42.5. The summed E-state index contributed by atoms with van der Waals surface area (Å²) in [5.41, 5.74) is 0. The van der Waals surface area contributed by atoms with Gasteiger partial charge in [0, 0.05) is 19.3 Å². The standard InChI is InChI=1S/C56H108O6/c1-6-8-9-10-11-12-13-21-28-33-38-43-48-56(59)62-53(50-61-55(58)47-42-37-32-27-23-18-19-24-29-34-39-44-51(3)4)49-60-54(57)46-41-36-31-26-22-17-15-14-16-20-25-30-35-40-45-52(5)7-2/h51-53H,6-50H2,1-5H3/t52?,53-/m0/s1. The van der Waals surface area contributed by atoms with Gasteiger partial charge in [0.1, 0.15) is 13.2 Å². The van der Waals surface area contributed by atoms with E-state index < -0.39 is 6.10 Å². The molecule has 0 saturated carbocycles. The quantitative estimate of drug-likeness (QED) is 0.0344. The number of esters is 3. The molecule has 0 radical (unpaired) electrons. The number of carbonyl (C=O) groups is 3. The summed E-state index contributed by atoms with van der Waals surface area (Å²) in [5, 5.41) is 0. The lowest BCUT2D eigenvalue weighted by molar-refractivity contribution is -0.167. The average molecular weight is 877 g/mol. The first-order valence-corrected chi connectivity index (χ1v) is 27.8. The van der Waals surface area contributed by atoms with Gasteiger partial charge in [0.05, 0.1) is 0 Å². The Kier molecular flexibility index (Phi) is 47.6. The Bertz CT molecular complexity index is 949. The third-order valence-corrected chi connectivity index (χ3v) is 13.1. The van der Waals surface area contributed by atoms with Gasteiger partial charge in [-0.25, -0.2) is 0 Å². The molecule has 1 unspecified atom stereocenters. The molecule has 0 aliphatic rings. The number of rotatable bonds is 50. The monoisotopic (exact) mass is 877 g/mol. The van der Waals surface area contributed by atoms with Crippen molar-refractivity contribution in [1.82, 2.24) is 0 Å². The Morgan fingerprint density at radius 1 is 0.339 bits per heavy atom. The molecule has 368 valence electrons. The van der Waals surface area contributed by atoms with Crippen molar-refractivity contribution in [2.24, 2.45) is 11.8 Å². The van der Waals surface area contributed by atoms with Crippen molar-refractivity contribution in [3.8, 4) is 0 Å². The molecular weight excluding hydrogens is 769 g/mol. The van der Waals surface area contributed by atoms with Crippen LogP contribution in [0.15, 0.2) is 0 Å². The molecule has 6 nitrogen and oxygen atoms in total. The molecule has 0 heterocycles. The van der Waals surface area contributed by atoms with Gasteiger partial charge in [0.2, 0.25) is 0 Å². The normalized spacial score (nSPS) is 12.5. The highest BCUT2D eigenvalue weighted by molar-refractivity contribution is 5.71. The first-order chi connectivity index (χ1) is 30.3. The largest absolute Gasteiger partial charge is 0.462 e. The molecule has 0 bridgehead atoms. The van der Waals surface area contributed by atoms with Crippen LogP contribution in [-0.2, 0) is 28.6 Å². The summed E-state index contributed by atoms with van der Waals surface area (Å²) in [6, 6.07) is 0. The summed E-state index contributed by atoms with van der Waals surface area (Å²) in [6.45, 7) is 11.4. The number of hydrogen-bond donors (Lipinski definition) is 0. The van der Waals surface area contributed by atoms with E-state index in [1.54, 1.807) is 0 Å². The van der Waals surface area contributed by atoms with Gasteiger partial charge in [-0.05, 0) is 31.1 Å². The van der Waals surface area contributed by atoms with Crippen LogP contribution in [0.25, 0.3) is 0 Å². The van der Waals surface area contributed by atoms with Crippen LogP contribution in [0, 0.1) is 11.8 Å². The van der Waals surface area contributed by atoms with Crippen LogP contribution in [0.5, 0.6) is 0 Å². The maximum absolute atomic E-state index is 12.8. The van der Waals surface area contributed by atoms with Crippen molar-refractivity contribution in [2.75, 3.05) is 13.2 Å². The molecule has 0 aliphatic carbocycles. The molecule has 2 atom stereocenters. The lowest BCUT2D eigenvalue weighted by atomic mass is 9.99. The highest BCUT2D eigenvalue weighted by Gasteiger charge is 2.19. The zero-order valence-electron chi connectivity index (χ0n) is 42.5. The van der Waals surface area contributed by atoms with E-state index in [1.165, 1.54) is 199 Å². The Hall–Kier alpha value is -1.59. The van der Waals surface area contributed by atoms with E-state index in [0.717, 1.165) is 69.6 Å². The predicted octanol–water partition coefficient (Wildman–Crippen LogP) is 18.1. The number of carbonyl (C=O) groups excluding carboxylic acids is 3. The fourth-order valence-electron chi connectivity index (χ4n) is 8.49. The van der Waals surface area contributed by atoms with E-state index in [4.69, 9.17) is 14.2 Å². The molecule has 0 aromatic rings. The second kappa shape index (κ2) is 48.9. The predicted molar refractivity (Wildman–Crippen MR) is 266 cm³/mol. The molecule has 0 saturated heterocycles. The molecule has 0 fully saturated rings. The topological polar surface area (TPSA) is 78.9 Å². The molecular formula is C56H108O6. The number of hydrogen-bond acceptors (Lipinski definition) is 6. The molecule has 6 heteroatoms. The van der Waals surface area contributed by atoms with Crippen LogP contribution < -0.4 is 0 Å². The van der Waals surface area contributed by atoms with Crippen molar-refractivity contribution in [1.29, 1.82) is 0 Å². The summed E-state index contributed by atoms with van der Waals surface area (Å²) in [5.74, 6) is 0.880. The fraction of sp³-hybridized carbons (Fsp3) is 0.946. The Labute approximate surface area is 387 Å². The SMILES string of the molecule is CCCCCCCCCCCCCCC(=O)O[C@@H](COC(=O)CCCCCCCCCCCCCCCCC(C)CC)COC(=O)CCCCCCCCCCCCCC(C)C. The van der Waals surface area contributed by atoms with Crippen LogP contribution in [0.4, 0.5) is 0 Å². The van der Waals surface area contributed by atoms with Gasteiger partial charge in [-0.15, -0.1) is 0 Å². The van der Waals surface area contributed by atoms with Crippen LogP contribution in [0.3, 0.4) is 0 Å². The van der Waals surface area contributed by atoms with Gasteiger partial charge in [-0.1, -0.05) is 272 Å². The smallest absolute Gasteiger partial charge is 0.306 e. The van der Waals surface area contributed by atoms with E-state index in [1.807, 2.05) is 0 Å². The summed E-state index contributed by atoms with van der Waals surface area (Å²) >= 11 is 0. The highest BCUT2D eigenvalue weighted by atomic mass is 16.6. The average Bonchev–Trinajstić information content (AvgIpc) is 3.26. The van der Waals surface area contributed by atoms with Crippen molar-refractivity contribution in [3.05, 3.63) is 0 Å².